The van der Waals surface area contributed by atoms with Crippen LogP contribution in [0.1, 0.15) is 5.56 Å². The number of hydrogen-bond donors (Lipinski definition) is 0. The molecule has 1 aromatic rings. The van der Waals surface area contributed by atoms with Crippen LogP contribution in [0.15, 0.2) is 18.2 Å². The zero-order valence-electron chi connectivity index (χ0n) is 6.19. The monoisotopic (exact) mass is 135 g/mol. The fourth-order valence-corrected chi connectivity index (χ4v) is 0.789. The lowest BCUT2D eigenvalue weighted by atomic mass is 9.73. The maximum absolute atomic E-state index is 12.7. The number of halogens is 1. The molecule has 0 aliphatic carbocycles. The van der Waals surface area contributed by atoms with Gasteiger partial charge in [-0.15, -0.1) is 0 Å². The van der Waals surface area contributed by atoms with Crippen molar-refractivity contribution in [3.05, 3.63) is 29.6 Å². The second-order valence-electron chi connectivity index (χ2n) is 2.30. The van der Waals surface area contributed by atoms with Gasteiger partial charge in [0.1, 0.15) is 13.1 Å². The molecule has 0 unspecified atom stereocenters. The number of aryl methyl sites for hydroxylation is 1. The van der Waals surface area contributed by atoms with Crippen LogP contribution in [-0.2, 0) is 0 Å². The van der Waals surface area contributed by atoms with Gasteiger partial charge < -0.3 is 0 Å². The van der Waals surface area contributed by atoms with Gasteiger partial charge in [0.2, 0.25) is 0 Å². The van der Waals surface area contributed by atoms with E-state index in [2.05, 4.69) is 0 Å². The fraction of sp³-hybridized carbons (Fsp3) is 0.250. The Morgan fingerprint density at radius 3 is 2.60 bits per heavy atom. The minimum Gasteiger partial charge on any atom is -0.207 e. The Kier molecular flexibility index (Phi) is 2.10. The maximum Gasteiger partial charge on any atom is 0.148 e. The van der Waals surface area contributed by atoms with E-state index in [0.29, 0.717) is 5.56 Å². The molecular weight excluding hydrogens is 126 g/mol. The summed E-state index contributed by atoms with van der Waals surface area (Å²) in [5.41, 5.74) is 1.63. The molecule has 0 saturated heterocycles. The van der Waals surface area contributed by atoms with Gasteiger partial charge in [-0.1, -0.05) is 24.4 Å². The third-order valence-electron chi connectivity index (χ3n) is 1.53. The normalized spacial score (nSPS) is 9.50. The lowest BCUT2D eigenvalue weighted by Crippen LogP contribution is -2.10. The van der Waals surface area contributed by atoms with E-state index in [1.54, 1.807) is 13.0 Å². The van der Waals surface area contributed by atoms with Crippen LogP contribution in [0.25, 0.3) is 0 Å². The lowest BCUT2D eigenvalue weighted by Gasteiger charge is -1.97. The highest BCUT2D eigenvalue weighted by Crippen LogP contribution is 2.01. The largest absolute Gasteiger partial charge is 0.207 e. The highest BCUT2D eigenvalue weighted by molar-refractivity contribution is 6.51. The van der Waals surface area contributed by atoms with Crippen LogP contribution < -0.4 is 5.46 Å². The molecule has 0 fully saturated rings. The molecule has 10 heavy (non-hydrogen) atoms. The van der Waals surface area contributed by atoms with Gasteiger partial charge in [-0.25, -0.2) is 4.39 Å². The molecule has 0 aromatic heterocycles. The average molecular weight is 135 g/mol. The highest BCUT2D eigenvalue weighted by atomic mass is 19.1. The molecule has 1 rings (SSSR count). The van der Waals surface area contributed by atoms with E-state index < -0.39 is 0 Å². The Bertz CT molecular complexity index is 233. The van der Waals surface area contributed by atoms with Gasteiger partial charge in [0, 0.05) is 0 Å². The summed E-state index contributed by atoms with van der Waals surface area (Å²) in [6.45, 7) is 3.65. The Morgan fingerprint density at radius 1 is 1.40 bits per heavy atom. The zero-order valence-corrected chi connectivity index (χ0v) is 6.19. The van der Waals surface area contributed by atoms with Gasteiger partial charge in [-0.3, -0.25) is 0 Å². The Balaban J connectivity index is 3.04. The molecule has 0 aliphatic rings. The number of rotatable bonds is 1. The van der Waals surface area contributed by atoms with Crippen molar-refractivity contribution in [3.8, 4) is 0 Å². The topological polar surface area (TPSA) is 0 Å². The van der Waals surface area contributed by atoms with E-state index in [-0.39, 0.29) is 5.82 Å². The summed E-state index contributed by atoms with van der Waals surface area (Å²) in [5, 5.41) is 0. The maximum atomic E-state index is 12.7. The molecule has 0 amide bonds. The summed E-state index contributed by atoms with van der Waals surface area (Å²) in [5.74, 6) is -0.129. The van der Waals surface area contributed by atoms with Crippen LogP contribution in [0.4, 0.5) is 4.39 Å². The van der Waals surface area contributed by atoms with Gasteiger partial charge >= 0.3 is 0 Å². The molecule has 0 bridgehead atoms. The minimum atomic E-state index is -0.129. The van der Waals surface area contributed by atoms with Gasteiger partial charge in [-0.2, -0.15) is 0 Å². The van der Waals surface area contributed by atoms with E-state index in [9.17, 15) is 4.39 Å². The molecule has 0 N–H and O–H groups in total. The van der Waals surface area contributed by atoms with E-state index in [4.69, 9.17) is 0 Å². The molecule has 1 radical (unpaired) electrons. The first kappa shape index (κ1) is 7.32. The van der Waals surface area contributed by atoms with E-state index in [1.165, 1.54) is 6.07 Å². The highest BCUT2D eigenvalue weighted by Gasteiger charge is 1.96. The second kappa shape index (κ2) is 2.87. The molecule has 51 valence electrons. The fourth-order valence-electron chi connectivity index (χ4n) is 0.789. The second-order valence-corrected chi connectivity index (χ2v) is 2.30. The van der Waals surface area contributed by atoms with Gasteiger partial charge in [0.05, 0.1) is 0 Å². The van der Waals surface area contributed by atoms with Crippen LogP contribution in [0.5, 0.6) is 0 Å². The van der Waals surface area contributed by atoms with Crippen molar-refractivity contribution in [1.82, 2.24) is 0 Å². The minimum absolute atomic E-state index is 0.129. The van der Waals surface area contributed by atoms with Crippen LogP contribution in [-0.4, -0.2) is 7.28 Å². The van der Waals surface area contributed by atoms with E-state index in [1.807, 2.05) is 20.2 Å². The first-order valence-electron chi connectivity index (χ1n) is 3.29. The van der Waals surface area contributed by atoms with Gasteiger partial charge in [-0.05, 0) is 18.6 Å². The van der Waals surface area contributed by atoms with E-state index in [0.717, 1.165) is 5.46 Å². The zero-order chi connectivity index (χ0) is 7.56. The molecule has 0 nitrogen and oxygen atoms in total. The molecular formula is C8H9BF. The quantitative estimate of drug-likeness (QED) is 0.512. The van der Waals surface area contributed by atoms with Gasteiger partial charge in [0.15, 0.2) is 0 Å². The summed E-state index contributed by atoms with van der Waals surface area (Å²) in [7, 11) is 1.88. The number of hydrogen-bond acceptors (Lipinski definition) is 0. The Hall–Kier alpha value is -0.785. The van der Waals surface area contributed by atoms with Crippen molar-refractivity contribution >= 4 is 12.7 Å². The van der Waals surface area contributed by atoms with Crippen LogP contribution >= 0.6 is 0 Å². The number of benzene rings is 1. The van der Waals surface area contributed by atoms with Crippen LogP contribution in [0.3, 0.4) is 0 Å². The first-order valence-corrected chi connectivity index (χ1v) is 3.29. The summed E-state index contributed by atoms with van der Waals surface area (Å²) < 4.78 is 12.7. The van der Waals surface area contributed by atoms with Crippen molar-refractivity contribution in [2.45, 2.75) is 13.7 Å². The summed E-state index contributed by atoms with van der Waals surface area (Å²) >= 11 is 0. The first-order chi connectivity index (χ1) is 4.74. The third kappa shape index (κ3) is 1.38. The van der Waals surface area contributed by atoms with Crippen LogP contribution in [0, 0.1) is 12.7 Å². The average Bonchev–Trinajstić information content (AvgIpc) is 1.95. The van der Waals surface area contributed by atoms with Crippen molar-refractivity contribution in [1.29, 1.82) is 0 Å². The van der Waals surface area contributed by atoms with Gasteiger partial charge in [0.25, 0.3) is 0 Å². The van der Waals surface area contributed by atoms with Crippen LogP contribution in [0.2, 0.25) is 6.82 Å². The predicted octanol–water partition coefficient (Wildman–Crippen LogP) is 1.51. The third-order valence-corrected chi connectivity index (χ3v) is 1.53. The summed E-state index contributed by atoms with van der Waals surface area (Å²) in [6, 6.07) is 5.22. The molecule has 0 spiro atoms. The molecule has 0 aliphatic heterocycles. The standard InChI is InChI=1S/C8H9BF/c1-6-3-4-7(9-2)5-8(6)10/h3-5H,1-2H3. The Morgan fingerprint density at radius 2 is 2.10 bits per heavy atom. The predicted molar refractivity (Wildman–Crippen MR) is 42.4 cm³/mol. The van der Waals surface area contributed by atoms with E-state index >= 15 is 0 Å². The Labute approximate surface area is 61.3 Å². The van der Waals surface area contributed by atoms with Crippen molar-refractivity contribution in [2.24, 2.45) is 0 Å². The molecule has 0 atom stereocenters. The summed E-state index contributed by atoms with van der Waals surface area (Å²) in [4.78, 5) is 0. The molecule has 1 aromatic carbocycles. The summed E-state index contributed by atoms with van der Waals surface area (Å²) in [6.07, 6.45) is 0. The SMILES string of the molecule is C[B]c1ccc(C)c(F)c1. The van der Waals surface area contributed by atoms with Crippen molar-refractivity contribution < 1.29 is 4.39 Å². The van der Waals surface area contributed by atoms with Crippen molar-refractivity contribution in [2.75, 3.05) is 0 Å². The molecule has 0 heterocycles. The molecule has 2 heteroatoms. The van der Waals surface area contributed by atoms with Crippen molar-refractivity contribution in [3.63, 3.8) is 0 Å². The lowest BCUT2D eigenvalue weighted by molar-refractivity contribution is 0.619. The molecule has 0 saturated carbocycles. The smallest absolute Gasteiger partial charge is 0.148 e.